The Bertz CT molecular complexity index is 2530. The molecule has 1 aliphatic rings. The Labute approximate surface area is 376 Å². The Morgan fingerprint density at radius 2 is 0.696 bits per heavy atom. The SMILES string of the molecule is BrCCCBr.Brc1cc2c(c3ccccc13)-c1c(cc(Br)c3ccccc13)OCCCO2.Oc1cc(Br)c2ccccc2c1-c1c(O)cc(Br)c2ccccc12. The number of hydrogen-bond donors (Lipinski definition) is 2. The third-order valence-electron chi connectivity index (χ3n) is 9.43. The quantitative estimate of drug-likeness (QED) is 0.173. The van der Waals surface area contributed by atoms with E-state index in [1.54, 1.807) is 12.1 Å². The summed E-state index contributed by atoms with van der Waals surface area (Å²) in [4.78, 5) is 0. The zero-order valence-corrected chi connectivity index (χ0v) is 39.3. The van der Waals surface area contributed by atoms with Crippen molar-refractivity contribution < 1.29 is 19.7 Å². The summed E-state index contributed by atoms with van der Waals surface area (Å²) >= 11 is 21.0. The molecule has 8 aromatic carbocycles. The molecule has 0 fully saturated rings. The largest absolute Gasteiger partial charge is 0.507 e. The first-order valence-corrected chi connectivity index (χ1v) is 23.3. The lowest BCUT2D eigenvalue weighted by molar-refractivity contribution is 0.252. The second-order valence-corrected chi connectivity index (χ2v) is 17.9. The molecule has 0 radical (unpaired) electrons. The summed E-state index contributed by atoms with van der Waals surface area (Å²) in [5, 5.41) is 31.9. The molecule has 0 amide bonds. The summed E-state index contributed by atoms with van der Waals surface area (Å²) in [6.07, 6.45) is 2.06. The molecule has 1 heterocycles. The highest BCUT2D eigenvalue weighted by molar-refractivity contribution is 9.11. The van der Waals surface area contributed by atoms with Crippen LogP contribution in [0.2, 0.25) is 0 Å². The summed E-state index contributed by atoms with van der Waals surface area (Å²) in [6, 6.07) is 40.0. The van der Waals surface area contributed by atoms with Crippen LogP contribution in [0.1, 0.15) is 12.8 Å². The Balaban J connectivity index is 0.000000154. The summed E-state index contributed by atoms with van der Waals surface area (Å²) in [5.41, 5.74) is 3.45. The van der Waals surface area contributed by atoms with Crippen molar-refractivity contribution in [2.45, 2.75) is 12.8 Å². The number of fused-ring (bicyclic) bond motifs is 9. The van der Waals surface area contributed by atoms with E-state index < -0.39 is 0 Å². The number of ether oxygens (including phenoxy) is 2. The molecule has 0 saturated carbocycles. The van der Waals surface area contributed by atoms with Crippen LogP contribution in [-0.2, 0) is 0 Å². The monoisotopic (exact) mass is 1120 g/mol. The summed E-state index contributed by atoms with van der Waals surface area (Å²) in [5.74, 6) is 2.03. The van der Waals surface area contributed by atoms with E-state index >= 15 is 0 Å². The number of halogens is 6. The molecule has 1 aliphatic heterocycles. The van der Waals surface area contributed by atoms with Gasteiger partial charge in [0.15, 0.2) is 0 Å². The number of aromatic hydroxyl groups is 2. The second-order valence-electron chi connectivity index (χ2n) is 12.9. The molecule has 0 saturated heterocycles. The fourth-order valence-electron chi connectivity index (χ4n) is 6.99. The van der Waals surface area contributed by atoms with E-state index in [1.165, 1.54) is 6.42 Å². The molecule has 0 atom stereocenters. The average Bonchev–Trinajstić information content (AvgIpc) is 3.29. The maximum Gasteiger partial charge on any atom is 0.129 e. The number of phenols is 2. The number of benzene rings is 8. The standard InChI is InChI=1S/C23H16Br2O2.C20H12Br2O2.C3H6Br2/c24-18-12-20-22(16-8-3-1-6-14(16)18)23-17-9-4-2-7-15(17)19(25)13-21(23)27-11-5-10-26-20;21-15-9-17(23)19(13-7-3-1-5-11(13)15)20-14-8-4-2-6-12(14)16(22)10-18(20)24;4-2-1-3-5/h1-4,6-9,12-13H,5,10-11H2;1-10,23-24H;1-3H2. The maximum atomic E-state index is 10.6. The number of rotatable bonds is 3. The van der Waals surface area contributed by atoms with Crippen molar-refractivity contribution in [1.29, 1.82) is 0 Å². The maximum absolute atomic E-state index is 10.6. The molecule has 0 aliphatic carbocycles. The van der Waals surface area contributed by atoms with Crippen molar-refractivity contribution in [3.63, 3.8) is 0 Å². The van der Waals surface area contributed by atoms with Crippen molar-refractivity contribution in [3.8, 4) is 45.3 Å². The smallest absolute Gasteiger partial charge is 0.129 e. The minimum absolute atomic E-state index is 0.128. The van der Waals surface area contributed by atoms with Gasteiger partial charge in [0.25, 0.3) is 0 Å². The topological polar surface area (TPSA) is 58.9 Å². The predicted octanol–water partition coefficient (Wildman–Crippen LogP) is 16.1. The number of alkyl halides is 2. The lowest BCUT2D eigenvalue weighted by Crippen LogP contribution is -2.03. The highest BCUT2D eigenvalue weighted by atomic mass is 79.9. The van der Waals surface area contributed by atoms with Gasteiger partial charge in [0.05, 0.1) is 13.2 Å². The van der Waals surface area contributed by atoms with Gasteiger partial charge in [0.2, 0.25) is 0 Å². The van der Waals surface area contributed by atoms with Gasteiger partial charge in [-0.05, 0) is 73.8 Å². The molecule has 284 valence electrons. The van der Waals surface area contributed by atoms with Crippen LogP contribution in [0.25, 0.3) is 65.3 Å². The normalized spacial score (nSPS) is 12.2. The molecule has 0 spiro atoms. The van der Waals surface area contributed by atoms with Gasteiger partial charge in [0.1, 0.15) is 23.0 Å². The fourth-order valence-corrected chi connectivity index (χ4v) is 10.5. The van der Waals surface area contributed by atoms with Crippen LogP contribution in [-0.4, -0.2) is 34.1 Å². The van der Waals surface area contributed by atoms with E-state index in [1.807, 2.05) is 48.5 Å². The van der Waals surface area contributed by atoms with Gasteiger partial charge in [-0.1, -0.05) is 193 Å². The molecule has 56 heavy (non-hydrogen) atoms. The summed E-state index contributed by atoms with van der Waals surface area (Å²) < 4.78 is 16.1. The molecule has 0 bridgehead atoms. The van der Waals surface area contributed by atoms with Crippen molar-refractivity contribution in [1.82, 2.24) is 0 Å². The molecule has 10 heteroatoms. The average molecular weight is 1130 g/mol. The highest BCUT2D eigenvalue weighted by Crippen LogP contribution is 2.50. The van der Waals surface area contributed by atoms with Crippen LogP contribution in [0.3, 0.4) is 0 Å². The molecule has 0 aromatic heterocycles. The molecular formula is C46H34Br6O4. The Morgan fingerprint density at radius 3 is 1.00 bits per heavy atom. The Morgan fingerprint density at radius 1 is 0.411 bits per heavy atom. The van der Waals surface area contributed by atoms with Gasteiger partial charge in [0, 0.05) is 57.2 Å². The van der Waals surface area contributed by atoms with E-state index in [0.29, 0.717) is 24.3 Å². The van der Waals surface area contributed by atoms with Crippen LogP contribution >= 0.6 is 95.6 Å². The first-order chi connectivity index (χ1) is 27.2. The third-order valence-corrected chi connectivity index (χ3v) is 13.2. The Kier molecular flexibility index (Phi) is 13.7. The summed E-state index contributed by atoms with van der Waals surface area (Å²) in [6.45, 7) is 1.26. The van der Waals surface area contributed by atoms with E-state index in [2.05, 4.69) is 156 Å². The minimum atomic E-state index is 0.128. The van der Waals surface area contributed by atoms with E-state index in [-0.39, 0.29) is 11.5 Å². The molecule has 2 N–H and O–H groups in total. The third kappa shape index (κ3) is 8.38. The van der Waals surface area contributed by atoms with Gasteiger partial charge >= 0.3 is 0 Å². The van der Waals surface area contributed by atoms with Gasteiger partial charge in [-0.3, -0.25) is 0 Å². The molecule has 9 rings (SSSR count). The van der Waals surface area contributed by atoms with Gasteiger partial charge in [-0.25, -0.2) is 0 Å². The highest BCUT2D eigenvalue weighted by Gasteiger charge is 2.23. The van der Waals surface area contributed by atoms with Crippen LogP contribution in [0, 0.1) is 0 Å². The predicted molar refractivity (Wildman–Crippen MR) is 256 cm³/mol. The lowest BCUT2D eigenvalue weighted by atomic mass is 9.92. The zero-order chi connectivity index (χ0) is 39.3. The molecule has 0 unspecified atom stereocenters. The van der Waals surface area contributed by atoms with E-state index in [0.717, 1.165) is 101 Å². The second kappa shape index (κ2) is 18.6. The van der Waals surface area contributed by atoms with E-state index in [9.17, 15) is 10.2 Å². The zero-order valence-electron chi connectivity index (χ0n) is 29.8. The van der Waals surface area contributed by atoms with Gasteiger partial charge < -0.3 is 19.7 Å². The minimum Gasteiger partial charge on any atom is -0.507 e. The van der Waals surface area contributed by atoms with Crippen LogP contribution in [0.4, 0.5) is 0 Å². The molecular weight excluding hydrogens is 1100 g/mol. The Hall–Kier alpha value is -3.12. The van der Waals surface area contributed by atoms with E-state index in [4.69, 9.17) is 9.47 Å². The lowest BCUT2D eigenvalue weighted by Gasteiger charge is -2.19. The molecule has 4 nitrogen and oxygen atoms in total. The number of phenolic OH excluding ortho intramolecular Hbond substituents is 2. The van der Waals surface area contributed by atoms with Crippen molar-refractivity contribution >= 4 is 139 Å². The fraction of sp³-hybridized carbons (Fsp3) is 0.130. The van der Waals surface area contributed by atoms with Crippen LogP contribution in [0.5, 0.6) is 23.0 Å². The number of hydrogen-bond acceptors (Lipinski definition) is 4. The van der Waals surface area contributed by atoms with Crippen molar-refractivity contribution in [3.05, 3.63) is 139 Å². The van der Waals surface area contributed by atoms with Crippen molar-refractivity contribution in [2.24, 2.45) is 0 Å². The van der Waals surface area contributed by atoms with Crippen LogP contribution in [0.15, 0.2) is 139 Å². The van der Waals surface area contributed by atoms with Gasteiger partial charge in [-0.15, -0.1) is 0 Å². The first kappa shape index (κ1) is 41.1. The first-order valence-electron chi connectivity index (χ1n) is 17.8. The van der Waals surface area contributed by atoms with Gasteiger partial charge in [-0.2, -0.15) is 0 Å². The molecule has 8 aromatic rings. The van der Waals surface area contributed by atoms with Crippen molar-refractivity contribution in [2.75, 3.05) is 23.9 Å². The van der Waals surface area contributed by atoms with Crippen LogP contribution < -0.4 is 9.47 Å². The summed E-state index contributed by atoms with van der Waals surface area (Å²) in [7, 11) is 0.